The van der Waals surface area contributed by atoms with Crippen molar-refractivity contribution in [3.63, 3.8) is 0 Å². The number of aliphatic hydroxyl groups excluding tert-OH is 1. The van der Waals surface area contributed by atoms with Crippen molar-refractivity contribution in [2.24, 2.45) is 0 Å². The van der Waals surface area contributed by atoms with Crippen LogP contribution < -0.4 is 0 Å². The molecule has 0 fully saturated rings. The molecule has 0 aromatic heterocycles. The first-order valence-electron chi connectivity index (χ1n) is 3.44. The predicted molar refractivity (Wildman–Crippen MR) is 42.0 cm³/mol. The van der Waals surface area contributed by atoms with Gasteiger partial charge in [0.15, 0.2) is 11.6 Å². The van der Waals surface area contributed by atoms with Gasteiger partial charge in [-0.25, -0.2) is 13.2 Å². The van der Waals surface area contributed by atoms with Crippen molar-refractivity contribution in [1.29, 1.82) is 0 Å². The van der Waals surface area contributed by atoms with Gasteiger partial charge in [-0.05, 0) is 6.07 Å². The molecule has 72 valence electrons. The number of benzene rings is 1. The average Bonchev–Trinajstić information content (AvgIpc) is 2.10. The third-order valence-corrected chi connectivity index (χ3v) is 1.84. The van der Waals surface area contributed by atoms with Crippen LogP contribution in [0, 0.1) is 17.5 Å². The molecule has 0 saturated carbocycles. The molecule has 0 spiro atoms. The van der Waals surface area contributed by atoms with Crippen molar-refractivity contribution in [2.45, 2.75) is 6.10 Å². The lowest BCUT2D eigenvalue weighted by atomic mass is 10.1. The first-order chi connectivity index (χ1) is 6.06. The maximum absolute atomic E-state index is 12.8. The SMILES string of the molecule is O[C@H](CCl)c1cc(F)c(F)cc1F. The van der Waals surface area contributed by atoms with E-state index in [1.54, 1.807) is 0 Å². The molecule has 1 nitrogen and oxygen atoms in total. The highest BCUT2D eigenvalue weighted by molar-refractivity contribution is 6.18. The van der Waals surface area contributed by atoms with E-state index in [0.29, 0.717) is 12.1 Å². The summed E-state index contributed by atoms with van der Waals surface area (Å²) in [5.41, 5.74) is -0.339. The summed E-state index contributed by atoms with van der Waals surface area (Å²) in [6, 6.07) is 0.970. The van der Waals surface area contributed by atoms with Gasteiger partial charge in [-0.1, -0.05) is 0 Å². The predicted octanol–water partition coefficient (Wildman–Crippen LogP) is 2.38. The molecule has 0 aliphatic rings. The van der Waals surface area contributed by atoms with Crippen molar-refractivity contribution in [3.05, 3.63) is 35.1 Å². The minimum absolute atomic E-state index is 0.276. The quantitative estimate of drug-likeness (QED) is 0.587. The summed E-state index contributed by atoms with van der Waals surface area (Å²) in [4.78, 5) is 0. The van der Waals surface area contributed by atoms with Crippen molar-refractivity contribution in [2.75, 3.05) is 5.88 Å². The molecular weight excluding hydrogens is 205 g/mol. The molecule has 13 heavy (non-hydrogen) atoms. The monoisotopic (exact) mass is 210 g/mol. The number of hydrogen-bond donors (Lipinski definition) is 1. The second kappa shape index (κ2) is 3.98. The van der Waals surface area contributed by atoms with Crippen LogP contribution in [0.2, 0.25) is 0 Å². The lowest BCUT2D eigenvalue weighted by Crippen LogP contribution is -2.04. The summed E-state index contributed by atoms with van der Waals surface area (Å²) in [5, 5.41) is 9.06. The van der Waals surface area contributed by atoms with Crippen LogP contribution in [-0.4, -0.2) is 11.0 Å². The van der Waals surface area contributed by atoms with Gasteiger partial charge < -0.3 is 5.11 Å². The fourth-order valence-corrected chi connectivity index (χ4v) is 1.04. The molecule has 1 N–H and O–H groups in total. The lowest BCUT2D eigenvalue weighted by molar-refractivity contribution is 0.196. The van der Waals surface area contributed by atoms with Gasteiger partial charge in [0.25, 0.3) is 0 Å². The van der Waals surface area contributed by atoms with Crippen molar-refractivity contribution >= 4 is 11.6 Å². The van der Waals surface area contributed by atoms with E-state index in [4.69, 9.17) is 16.7 Å². The molecule has 1 atom stereocenters. The first kappa shape index (κ1) is 10.3. The molecule has 1 aromatic carbocycles. The summed E-state index contributed by atoms with van der Waals surface area (Å²) < 4.78 is 37.8. The minimum atomic E-state index is -1.32. The van der Waals surface area contributed by atoms with Crippen LogP contribution in [0.5, 0.6) is 0 Å². The Morgan fingerprint density at radius 3 is 2.23 bits per heavy atom. The van der Waals surface area contributed by atoms with Gasteiger partial charge in [-0.2, -0.15) is 0 Å². The van der Waals surface area contributed by atoms with Crippen LogP contribution in [-0.2, 0) is 0 Å². The summed E-state index contributed by atoms with van der Waals surface area (Å²) in [6.45, 7) is 0. The van der Waals surface area contributed by atoms with Crippen LogP contribution in [0.15, 0.2) is 12.1 Å². The Hall–Kier alpha value is -0.740. The first-order valence-corrected chi connectivity index (χ1v) is 3.98. The molecule has 0 aliphatic heterocycles. The fourth-order valence-electron chi connectivity index (χ4n) is 0.876. The third-order valence-electron chi connectivity index (χ3n) is 1.54. The maximum atomic E-state index is 12.8. The van der Waals surface area contributed by atoms with Crippen molar-refractivity contribution in [3.8, 4) is 0 Å². The van der Waals surface area contributed by atoms with Gasteiger partial charge >= 0.3 is 0 Å². The molecule has 0 radical (unpaired) electrons. The summed E-state index contributed by atoms with van der Waals surface area (Å²) >= 11 is 5.22. The highest BCUT2D eigenvalue weighted by Crippen LogP contribution is 2.21. The van der Waals surface area contributed by atoms with Crippen molar-refractivity contribution in [1.82, 2.24) is 0 Å². The molecule has 0 saturated heterocycles. The van der Waals surface area contributed by atoms with Crippen LogP contribution in [0.25, 0.3) is 0 Å². The molecular formula is C8H6ClF3O. The van der Waals surface area contributed by atoms with Gasteiger partial charge in [0.1, 0.15) is 5.82 Å². The Kier molecular flexibility index (Phi) is 3.17. The van der Waals surface area contributed by atoms with Gasteiger partial charge in [0.05, 0.1) is 12.0 Å². The summed E-state index contributed by atoms with van der Waals surface area (Å²) in [6.07, 6.45) is -1.32. The van der Waals surface area contributed by atoms with Gasteiger partial charge in [-0.15, -0.1) is 11.6 Å². The van der Waals surface area contributed by atoms with E-state index in [2.05, 4.69) is 0 Å². The lowest BCUT2D eigenvalue weighted by Gasteiger charge is -2.08. The van der Waals surface area contributed by atoms with E-state index in [9.17, 15) is 13.2 Å². The molecule has 1 rings (SSSR count). The molecule has 0 unspecified atom stereocenters. The number of rotatable bonds is 2. The molecule has 0 bridgehead atoms. The highest BCUT2D eigenvalue weighted by atomic mass is 35.5. The van der Waals surface area contributed by atoms with Gasteiger partial charge in [0.2, 0.25) is 0 Å². The van der Waals surface area contributed by atoms with E-state index < -0.39 is 23.6 Å². The average molecular weight is 211 g/mol. The van der Waals surface area contributed by atoms with Crippen molar-refractivity contribution < 1.29 is 18.3 Å². The van der Waals surface area contributed by atoms with Crippen LogP contribution in [0.4, 0.5) is 13.2 Å². The second-order valence-corrected chi connectivity index (χ2v) is 2.77. The Labute approximate surface area is 77.8 Å². The number of alkyl halides is 1. The van der Waals surface area contributed by atoms with E-state index in [0.717, 1.165) is 0 Å². The topological polar surface area (TPSA) is 20.2 Å². The maximum Gasteiger partial charge on any atom is 0.161 e. The Bertz CT molecular complexity index is 317. The van der Waals surface area contributed by atoms with Gasteiger partial charge in [-0.3, -0.25) is 0 Å². The molecule has 0 aliphatic carbocycles. The zero-order chi connectivity index (χ0) is 10.0. The number of aliphatic hydroxyl groups is 1. The van der Waals surface area contributed by atoms with Gasteiger partial charge in [0, 0.05) is 11.6 Å². The van der Waals surface area contributed by atoms with E-state index >= 15 is 0 Å². The normalized spacial score (nSPS) is 13.0. The molecule has 1 aromatic rings. The Morgan fingerprint density at radius 2 is 1.69 bits per heavy atom. The highest BCUT2D eigenvalue weighted by Gasteiger charge is 2.15. The third kappa shape index (κ3) is 2.14. The second-order valence-electron chi connectivity index (χ2n) is 2.46. The zero-order valence-electron chi connectivity index (χ0n) is 6.40. The fraction of sp³-hybridized carbons (Fsp3) is 0.250. The number of halogens is 4. The Morgan fingerprint density at radius 1 is 1.15 bits per heavy atom. The van der Waals surface area contributed by atoms with E-state index in [1.807, 2.05) is 0 Å². The molecule has 0 heterocycles. The van der Waals surface area contributed by atoms with E-state index in [1.165, 1.54) is 0 Å². The minimum Gasteiger partial charge on any atom is -0.387 e. The summed E-state index contributed by atoms with van der Waals surface area (Å²) in [5.74, 6) is -3.78. The Balaban J connectivity index is 3.15. The molecule has 0 amide bonds. The largest absolute Gasteiger partial charge is 0.387 e. The summed E-state index contributed by atoms with van der Waals surface area (Å²) in [7, 11) is 0. The van der Waals surface area contributed by atoms with Crippen LogP contribution >= 0.6 is 11.6 Å². The van der Waals surface area contributed by atoms with Crippen LogP contribution in [0.3, 0.4) is 0 Å². The number of hydrogen-bond acceptors (Lipinski definition) is 1. The standard InChI is InChI=1S/C8H6ClF3O/c9-3-8(13)4-1-6(11)7(12)2-5(4)10/h1-2,8,13H,3H2/t8-/m1/s1. The smallest absolute Gasteiger partial charge is 0.161 e. The van der Waals surface area contributed by atoms with E-state index in [-0.39, 0.29) is 11.4 Å². The zero-order valence-corrected chi connectivity index (χ0v) is 7.15. The van der Waals surface area contributed by atoms with Crippen LogP contribution in [0.1, 0.15) is 11.7 Å². The molecule has 5 heteroatoms.